The first-order valence-electron chi connectivity index (χ1n) is 6.61. The van der Waals surface area contributed by atoms with E-state index in [2.05, 4.69) is 11.9 Å². The Morgan fingerprint density at radius 1 is 1.05 bits per heavy atom. The number of likely N-dealkylation sites (N-methyl/N-ethyl adjacent to an activating group) is 1. The van der Waals surface area contributed by atoms with Crippen molar-refractivity contribution in [3.63, 3.8) is 0 Å². The standard InChI is InChI=1S/C14H18N2O3.ClH/c1-15-4-6-16(7-5-15)14(17)11-2-3-12-13(10-11)19-9-8-18-12;/h2-3,10H,4-9H2,1H3;1H. The van der Waals surface area contributed by atoms with E-state index < -0.39 is 0 Å². The number of piperazine rings is 1. The number of carbonyl (C=O) groups is 1. The van der Waals surface area contributed by atoms with Crippen molar-refractivity contribution in [2.75, 3.05) is 46.4 Å². The van der Waals surface area contributed by atoms with E-state index in [-0.39, 0.29) is 18.3 Å². The molecule has 1 saturated heterocycles. The molecule has 110 valence electrons. The normalized spacial score (nSPS) is 18.4. The summed E-state index contributed by atoms with van der Waals surface area (Å²) in [6, 6.07) is 5.42. The molecule has 1 aromatic rings. The number of ether oxygens (including phenoxy) is 2. The van der Waals surface area contributed by atoms with Crippen molar-refractivity contribution in [3.05, 3.63) is 23.8 Å². The van der Waals surface area contributed by atoms with E-state index in [0.29, 0.717) is 24.5 Å². The van der Waals surface area contributed by atoms with Gasteiger partial charge in [0.05, 0.1) is 0 Å². The Labute approximate surface area is 124 Å². The number of halogens is 1. The third-order valence-corrected chi connectivity index (χ3v) is 3.58. The Morgan fingerprint density at radius 2 is 1.70 bits per heavy atom. The topological polar surface area (TPSA) is 42.0 Å². The van der Waals surface area contributed by atoms with Crippen molar-refractivity contribution in [2.45, 2.75) is 0 Å². The lowest BCUT2D eigenvalue weighted by atomic mass is 10.1. The van der Waals surface area contributed by atoms with Crippen LogP contribution in [0.25, 0.3) is 0 Å². The fourth-order valence-electron chi connectivity index (χ4n) is 2.37. The molecule has 0 radical (unpaired) electrons. The average Bonchev–Trinajstić information content (AvgIpc) is 2.47. The number of fused-ring (bicyclic) bond motifs is 1. The van der Waals surface area contributed by atoms with Gasteiger partial charge in [-0.25, -0.2) is 0 Å². The van der Waals surface area contributed by atoms with Crippen molar-refractivity contribution in [2.24, 2.45) is 0 Å². The van der Waals surface area contributed by atoms with Crippen LogP contribution in [0.2, 0.25) is 0 Å². The van der Waals surface area contributed by atoms with Crippen LogP contribution in [0.4, 0.5) is 0 Å². The second kappa shape index (κ2) is 6.33. The molecule has 0 saturated carbocycles. The molecule has 2 aliphatic heterocycles. The predicted molar refractivity (Wildman–Crippen MR) is 78.1 cm³/mol. The zero-order valence-electron chi connectivity index (χ0n) is 11.5. The lowest BCUT2D eigenvalue weighted by Crippen LogP contribution is -2.47. The summed E-state index contributed by atoms with van der Waals surface area (Å²) in [6.07, 6.45) is 0. The van der Waals surface area contributed by atoms with Gasteiger partial charge in [0.25, 0.3) is 5.91 Å². The monoisotopic (exact) mass is 298 g/mol. The minimum absolute atomic E-state index is 0. The van der Waals surface area contributed by atoms with Gasteiger partial charge < -0.3 is 19.3 Å². The molecule has 0 spiro atoms. The van der Waals surface area contributed by atoms with Gasteiger partial charge in [-0.1, -0.05) is 0 Å². The van der Waals surface area contributed by atoms with Crippen LogP contribution in [0, 0.1) is 0 Å². The summed E-state index contributed by atoms with van der Waals surface area (Å²) < 4.78 is 11.0. The Hall–Kier alpha value is -1.46. The molecule has 0 aliphatic carbocycles. The fourth-order valence-corrected chi connectivity index (χ4v) is 2.37. The van der Waals surface area contributed by atoms with Gasteiger partial charge in [0.2, 0.25) is 0 Å². The van der Waals surface area contributed by atoms with E-state index >= 15 is 0 Å². The molecule has 2 aliphatic rings. The van der Waals surface area contributed by atoms with Crippen LogP contribution in [-0.2, 0) is 0 Å². The molecule has 2 heterocycles. The van der Waals surface area contributed by atoms with E-state index in [9.17, 15) is 4.79 Å². The molecule has 1 aromatic carbocycles. The van der Waals surface area contributed by atoms with E-state index in [4.69, 9.17) is 9.47 Å². The maximum Gasteiger partial charge on any atom is 0.254 e. The van der Waals surface area contributed by atoms with Gasteiger partial charge in [-0.3, -0.25) is 4.79 Å². The molecule has 0 aromatic heterocycles. The van der Waals surface area contributed by atoms with Crippen LogP contribution in [-0.4, -0.2) is 62.1 Å². The molecular formula is C14H19ClN2O3. The number of hydrogen-bond donors (Lipinski definition) is 0. The lowest BCUT2D eigenvalue weighted by Gasteiger charge is -2.32. The second-order valence-corrected chi connectivity index (χ2v) is 4.95. The third-order valence-electron chi connectivity index (χ3n) is 3.58. The molecular weight excluding hydrogens is 280 g/mol. The molecule has 3 rings (SSSR count). The summed E-state index contributed by atoms with van der Waals surface area (Å²) >= 11 is 0. The molecule has 0 bridgehead atoms. The molecule has 0 unspecified atom stereocenters. The van der Waals surface area contributed by atoms with E-state index in [0.717, 1.165) is 31.9 Å². The number of nitrogens with zero attached hydrogens (tertiary/aromatic N) is 2. The molecule has 0 N–H and O–H groups in total. The van der Waals surface area contributed by atoms with Crippen LogP contribution in [0.5, 0.6) is 11.5 Å². The van der Waals surface area contributed by atoms with Crippen molar-refractivity contribution < 1.29 is 14.3 Å². The Bertz CT molecular complexity index is 487. The first-order chi connectivity index (χ1) is 9.24. The second-order valence-electron chi connectivity index (χ2n) is 4.95. The van der Waals surface area contributed by atoms with Gasteiger partial charge in [0.1, 0.15) is 13.2 Å². The molecule has 6 heteroatoms. The van der Waals surface area contributed by atoms with Crippen LogP contribution >= 0.6 is 12.4 Å². The minimum atomic E-state index is 0. The SMILES string of the molecule is CN1CCN(C(=O)c2ccc3c(c2)OCCO3)CC1.Cl. The zero-order chi connectivity index (χ0) is 13.2. The summed E-state index contributed by atoms with van der Waals surface area (Å²) in [4.78, 5) is 16.5. The fraction of sp³-hybridized carbons (Fsp3) is 0.500. The number of amides is 1. The number of carbonyl (C=O) groups excluding carboxylic acids is 1. The Morgan fingerprint density at radius 3 is 2.40 bits per heavy atom. The zero-order valence-corrected chi connectivity index (χ0v) is 12.3. The molecule has 5 nitrogen and oxygen atoms in total. The average molecular weight is 299 g/mol. The van der Waals surface area contributed by atoms with Gasteiger partial charge >= 0.3 is 0 Å². The predicted octanol–water partition coefficient (Wildman–Crippen LogP) is 1.27. The van der Waals surface area contributed by atoms with Crippen LogP contribution in [0.1, 0.15) is 10.4 Å². The summed E-state index contributed by atoms with van der Waals surface area (Å²) in [5, 5.41) is 0. The van der Waals surface area contributed by atoms with Crippen LogP contribution < -0.4 is 9.47 Å². The highest BCUT2D eigenvalue weighted by Gasteiger charge is 2.22. The van der Waals surface area contributed by atoms with Gasteiger partial charge in [-0.15, -0.1) is 12.4 Å². The largest absolute Gasteiger partial charge is 0.486 e. The van der Waals surface area contributed by atoms with E-state index in [1.54, 1.807) is 6.07 Å². The minimum Gasteiger partial charge on any atom is -0.486 e. The van der Waals surface area contributed by atoms with Crippen molar-refractivity contribution in [3.8, 4) is 11.5 Å². The molecule has 1 amide bonds. The summed E-state index contributed by atoms with van der Waals surface area (Å²) in [5.74, 6) is 1.47. The number of benzene rings is 1. The van der Waals surface area contributed by atoms with Gasteiger partial charge in [-0.05, 0) is 25.2 Å². The first kappa shape index (κ1) is 14.9. The summed E-state index contributed by atoms with van der Waals surface area (Å²) in [5.41, 5.74) is 0.675. The highest BCUT2D eigenvalue weighted by atomic mass is 35.5. The van der Waals surface area contributed by atoms with Crippen molar-refractivity contribution in [1.29, 1.82) is 0 Å². The van der Waals surface area contributed by atoms with Crippen molar-refractivity contribution in [1.82, 2.24) is 9.80 Å². The van der Waals surface area contributed by atoms with E-state index in [1.165, 1.54) is 0 Å². The molecule has 20 heavy (non-hydrogen) atoms. The van der Waals surface area contributed by atoms with Gasteiger partial charge in [0.15, 0.2) is 11.5 Å². The van der Waals surface area contributed by atoms with Crippen LogP contribution in [0.15, 0.2) is 18.2 Å². The lowest BCUT2D eigenvalue weighted by molar-refractivity contribution is 0.0663. The Kier molecular flexibility index (Phi) is 4.73. The first-order valence-corrected chi connectivity index (χ1v) is 6.61. The highest BCUT2D eigenvalue weighted by Crippen LogP contribution is 2.31. The third kappa shape index (κ3) is 2.99. The maximum absolute atomic E-state index is 12.4. The van der Waals surface area contributed by atoms with Crippen molar-refractivity contribution >= 4 is 18.3 Å². The number of rotatable bonds is 1. The van der Waals surface area contributed by atoms with Gasteiger partial charge in [-0.2, -0.15) is 0 Å². The maximum atomic E-state index is 12.4. The molecule has 1 fully saturated rings. The van der Waals surface area contributed by atoms with Crippen LogP contribution in [0.3, 0.4) is 0 Å². The highest BCUT2D eigenvalue weighted by molar-refractivity contribution is 5.95. The van der Waals surface area contributed by atoms with E-state index in [1.807, 2.05) is 17.0 Å². The molecule has 0 atom stereocenters. The summed E-state index contributed by atoms with van der Waals surface area (Å²) in [7, 11) is 2.08. The Balaban J connectivity index is 0.00000147. The summed E-state index contributed by atoms with van der Waals surface area (Å²) in [6.45, 7) is 4.53. The van der Waals surface area contributed by atoms with Gasteiger partial charge in [0, 0.05) is 31.7 Å². The number of hydrogen-bond acceptors (Lipinski definition) is 4. The quantitative estimate of drug-likeness (QED) is 0.783. The smallest absolute Gasteiger partial charge is 0.254 e.